The van der Waals surface area contributed by atoms with Crippen molar-refractivity contribution in [2.24, 2.45) is 0 Å². The number of carbonyl (C=O) groups is 1. The second-order valence-corrected chi connectivity index (χ2v) is 3.69. The van der Waals surface area contributed by atoms with E-state index in [-0.39, 0.29) is 18.3 Å². The Morgan fingerprint density at radius 1 is 1.44 bits per heavy atom. The van der Waals surface area contributed by atoms with Crippen LogP contribution in [0.15, 0.2) is 24.3 Å². The Kier molecular flexibility index (Phi) is 4.31. The number of hydrogen-bond donors (Lipinski definition) is 2. The van der Waals surface area contributed by atoms with E-state index < -0.39 is 5.97 Å². The quantitative estimate of drug-likeness (QED) is 0.799. The third-order valence-corrected chi connectivity index (χ3v) is 2.68. The number of rotatable bonds is 5. The van der Waals surface area contributed by atoms with Crippen molar-refractivity contribution in [3.05, 3.63) is 29.8 Å². The third kappa shape index (κ3) is 2.97. The van der Waals surface area contributed by atoms with Crippen LogP contribution in [-0.2, 0) is 4.79 Å². The van der Waals surface area contributed by atoms with Gasteiger partial charge in [0.05, 0.1) is 6.54 Å². The third-order valence-electron chi connectivity index (χ3n) is 2.68. The minimum atomic E-state index is -0.857. The van der Waals surface area contributed by atoms with Gasteiger partial charge < -0.3 is 10.2 Å². The van der Waals surface area contributed by atoms with E-state index in [0.29, 0.717) is 6.54 Å². The summed E-state index contributed by atoms with van der Waals surface area (Å²) in [5.41, 5.74) is 0.755. The van der Waals surface area contributed by atoms with Crippen LogP contribution in [0.5, 0.6) is 5.75 Å². The first kappa shape index (κ1) is 12.5. The predicted octanol–water partition coefficient (Wildman–Crippen LogP) is 1.86. The number of aliphatic carboxylic acids is 1. The van der Waals surface area contributed by atoms with Crippen molar-refractivity contribution in [2.75, 3.05) is 13.1 Å². The molecular weight excluding hydrogens is 206 g/mol. The van der Waals surface area contributed by atoms with Crippen molar-refractivity contribution in [1.82, 2.24) is 4.90 Å². The first-order valence-corrected chi connectivity index (χ1v) is 5.30. The fourth-order valence-corrected chi connectivity index (χ4v) is 1.73. The fraction of sp³-hybridized carbons (Fsp3) is 0.417. The molecule has 0 radical (unpaired) electrons. The van der Waals surface area contributed by atoms with E-state index in [1.807, 2.05) is 26.0 Å². The molecule has 4 nitrogen and oxygen atoms in total. The molecule has 0 saturated carbocycles. The van der Waals surface area contributed by atoms with Crippen molar-refractivity contribution in [3.63, 3.8) is 0 Å². The Bertz CT molecular complexity index is 365. The molecule has 1 rings (SSSR count). The lowest BCUT2D eigenvalue weighted by Gasteiger charge is -2.26. The molecule has 0 aliphatic heterocycles. The normalized spacial score (nSPS) is 12.7. The van der Waals surface area contributed by atoms with Crippen LogP contribution in [0.25, 0.3) is 0 Å². The molecule has 4 heteroatoms. The predicted molar refractivity (Wildman–Crippen MR) is 61.4 cm³/mol. The summed E-state index contributed by atoms with van der Waals surface area (Å²) < 4.78 is 0. The van der Waals surface area contributed by atoms with Crippen molar-refractivity contribution in [2.45, 2.75) is 19.9 Å². The van der Waals surface area contributed by atoms with Crippen LogP contribution in [0.2, 0.25) is 0 Å². The molecule has 1 unspecified atom stereocenters. The second kappa shape index (κ2) is 5.51. The average Bonchev–Trinajstić information content (AvgIpc) is 2.25. The molecular formula is C12H17NO3. The zero-order valence-corrected chi connectivity index (χ0v) is 9.55. The topological polar surface area (TPSA) is 60.8 Å². The Morgan fingerprint density at radius 3 is 2.56 bits per heavy atom. The SMILES string of the molecule is CCN(CC(=O)O)C(C)c1ccccc1O. The number of para-hydroxylation sites is 1. The average molecular weight is 223 g/mol. The number of phenols is 1. The van der Waals surface area contributed by atoms with Gasteiger partial charge in [0.25, 0.3) is 0 Å². The van der Waals surface area contributed by atoms with E-state index in [1.54, 1.807) is 17.0 Å². The first-order valence-electron chi connectivity index (χ1n) is 5.30. The van der Waals surface area contributed by atoms with E-state index >= 15 is 0 Å². The van der Waals surface area contributed by atoms with Crippen LogP contribution in [0.1, 0.15) is 25.5 Å². The Hall–Kier alpha value is -1.55. The van der Waals surface area contributed by atoms with E-state index in [0.717, 1.165) is 5.56 Å². The highest BCUT2D eigenvalue weighted by molar-refractivity contribution is 5.69. The molecule has 2 N–H and O–H groups in total. The van der Waals surface area contributed by atoms with Gasteiger partial charge in [-0.25, -0.2) is 0 Å². The minimum absolute atomic E-state index is 0.0218. The van der Waals surface area contributed by atoms with Crippen molar-refractivity contribution < 1.29 is 15.0 Å². The zero-order valence-electron chi connectivity index (χ0n) is 9.55. The summed E-state index contributed by atoms with van der Waals surface area (Å²) in [6.07, 6.45) is 0. The summed E-state index contributed by atoms with van der Waals surface area (Å²) in [7, 11) is 0. The molecule has 0 spiro atoms. The molecule has 0 heterocycles. The maximum atomic E-state index is 10.7. The van der Waals surface area contributed by atoms with Crippen molar-refractivity contribution in [1.29, 1.82) is 0 Å². The van der Waals surface area contributed by atoms with Crippen LogP contribution < -0.4 is 0 Å². The molecule has 0 aliphatic rings. The summed E-state index contributed by atoms with van der Waals surface area (Å²) in [6.45, 7) is 4.40. The Labute approximate surface area is 95.1 Å². The first-order chi connectivity index (χ1) is 7.56. The van der Waals surface area contributed by atoms with Gasteiger partial charge >= 0.3 is 5.97 Å². The molecule has 0 aromatic heterocycles. The zero-order chi connectivity index (χ0) is 12.1. The lowest BCUT2D eigenvalue weighted by atomic mass is 10.1. The number of carboxylic acid groups (broad SMARTS) is 1. The van der Waals surface area contributed by atoms with Gasteiger partial charge in [0.2, 0.25) is 0 Å². The molecule has 16 heavy (non-hydrogen) atoms. The minimum Gasteiger partial charge on any atom is -0.508 e. The summed E-state index contributed by atoms with van der Waals surface area (Å²) in [5, 5.41) is 18.5. The van der Waals surface area contributed by atoms with Crippen LogP contribution in [0, 0.1) is 0 Å². The van der Waals surface area contributed by atoms with Gasteiger partial charge in [-0.3, -0.25) is 9.69 Å². The molecule has 88 valence electrons. The number of aromatic hydroxyl groups is 1. The van der Waals surface area contributed by atoms with Gasteiger partial charge in [0.1, 0.15) is 5.75 Å². The highest BCUT2D eigenvalue weighted by Gasteiger charge is 2.18. The summed E-state index contributed by atoms with van der Waals surface area (Å²) in [5.74, 6) is -0.650. The molecule has 0 amide bonds. The fourth-order valence-electron chi connectivity index (χ4n) is 1.73. The largest absolute Gasteiger partial charge is 0.508 e. The summed E-state index contributed by atoms with van der Waals surface area (Å²) in [4.78, 5) is 12.5. The van der Waals surface area contributed by atoms with Gasteiger partial charge in [0.15, 0.2) is 0 Å². The summed E-state index contributed by atoms with van der Waals surface area (Å²) in [6, 6.07) is 6.90. The monoisotopic (exact) mass is 223 g/mol. The molecule has 1 atom stereocenters. The lowest BCUT2D eigenvalue weighted by Crippen LogP contribution is -2.32. The van der Waals surface area contributed by atoms with Crippen molar-refractivity contribution in [3.8, 4) is 5.75 Å². The second-order valence-electron chi connectivity index (χ2n) is 3.69. The van der Waals surface area contributed by atoms with E-state index in [1.165, 1.54) is 0 Å². The van der Waals surface area contributed by atoms with E-state index in [2.05, 4.69) is 0 Å². The smallest absolute Gasteiger partial charge is 0.317 e. The highest BCUT2D eigenvalue weighted by Crippen LogP contribution is 2.27. The van der Waals surface area contributed by atoms with Crippen LogP contribution >= 0.6 is 0 Å². The number of likely N-dealkylation sites (N-methyl/N-ethyl adjacent to an activating group) is 1. The maximum absolute atomic E-state index is 10.7. The number of phenolic OH excluding ortho intramolecular Hbond substituents is 1. The van der Waals surface area contributed by atoms with Gasteiger partial charge in [-0.15, -0.1) is 0 Å². The van der Waals surface area contributed by atoms with Crippen molar-refractivity contribution >= 4 is 5.97 Å². The Morgan fingerprint density at radius 2 is 2.06 bits per heavy atom. The summed E-state index contributed by atoms with van der Waals surface area (Å²) >= 11 is 0. The van der Waals surface area contributed by atoms with Crippen LogP contribution in [0.3, 0.4) is 0 Å². The van der Waals surface area contributed by atoms with Crippen LogP contribution in [0.4, 0.5) is 0 Å². The molecule has 0 aliphatic carbocycles. The maximum Gasteiger partial charge on any atom is 0.317 e. The standard InChI is InChI=1S/C12H17NO3/c1-3-13(8-12(15)16)9(2)10-6-4-5-7-11(10)14/h4-7,9,14H,3,8H2,1-2H3,(H,15,16). The molecule has 1 aromatic rings. The number of benzene rings is 1. The van der Waals surface area contributed by atoms with Gasteiger partial charge in [-0.2, -0.15) is 0 Å². The molecule has 1 aromatic carbocycles. The van der Waals surface area contributed by atoms with E-state index in [9.17, 15) is 9.90 Å². The molecule has 0 fully saturated rings. The number of nitrogens with zero attached hydrogens (tertiary/aromatic N) is 1. The van der Waals surface area contributed by atoms with Gasteiger partial charge in [-0.1, -0.05) is 25.1 Å². The number of hydrogen-bond acceptors (Lipinski definition) is 3. The van der Waals surface area contributed by atoms with Gasteiger partial charge in [0, 0.05) is 11.6 Å². The lowest BCUT2D eigenvalue weighted by molar-refractivity contribution is -0.138. The van der Waals surface area contributed by atoms with Gasteiger partial charge in [-0.05, 0) is 19.5 Å². The van der Waals surface area contributed by atoms with Crippen LogP contribution in [-0.4, -0.2) is 34.2 Å². The Balaban J connectivity index is 2.86. The van der Waals surface area contributed by atoms with E-state index in [4.69, 9.17) is 5.11 Å². The number of carboxylic acids is 1. The molecule has 0 bridgehead atoms. The highest BCUT2D eigenvalue weighted by atomic mass is 16.4. The molecule has 0 saturated heterocycles.